The quantitative estimate of drug-likeness (QED) is 0.606. The van der Waals surface area contributed by atoms with Gasteiger partial charge in [-0.25, -0.2) is 4.79 Å². The van der Waals surface area contributed by atoms with Crippen molar-refractivity contribution in [3.05, 3.63) is 59.7 Å². The maximum absolute atomic E-state index is 12.2. The van der Waals surface area contributed by atoms with E-state index in [1.54, 1.807) is 6.92 Å². The molecule has 2 amide bonds. The number of fused-ring (bicyclic) bond motifs is 3. The van der Waals surface area contributed by atoms with Crippen molar-refractivity contribution >= 4 is 18.0 Å². The summed E-state index contributed by atoms with van der Waals surface area (Å²) in [6.07, 6.45) is 0.0725. The number of alkyl carbamates (subject to hydrolysis) is 1. The van der Waals surface area contributed by atoms with Gasteiger partial charge < -0.3 is 20.5 Å². The Morgan fingerprint density at radius 3 is 2.29 bits per heavy atom. The van der Waals surface area contributed by atoms with Crippen molar-refractivity contribution in [2.75, 3.05) is 13.2 Å². The predicted octanol–water partition coefficient (Wildman–Crippen LogP) is 3.14. The highest BCUT2D eigenvalue weighted by Gasteiger charge is 2.43. The molecular weight excluding hydrogens is 396 g/mol. The molecule has 3 N–H and O–H groups in total. The molecule has 0 bridgehead atoms. The number of ether oxygens (including phenoxy) is 1. The van der Waals surface area contributed by atoms with Gasteiger partial charge >= 0.3 is 12.1 Å². The second kappa shape index (κ2) is 8.79. The molecule has 0 aliphatic heterocycles. The normalized spacial score (nSPS) is 19.6. The molecule has 2 aromatic carbocycles. The highest BCUT2D eigenvalue weighted by Crippen LogP contribution is 2.44. The number of rotatable bonds is 8. The summed E-state index contributed by atoms with van der Waals surface area (Å²) >= 11 is 0. The summed E-state index contributed by atoms with van der Waals surface area (Å²) in [6.45, 7) is 2.28. The second-order valence-electron chi connectivity index (χ2n) is 8.32. The van der Waals surface area contributed by atoms with Crippen molar-refractivity contribution in [1.29, 1.82) is 0 Å². The minimum Gasteiger partial charge on any atom is -0.481 e. The first-order valence-corrected chi connectivity index (χ1v) is 10.5. The molecule has 1 saturated carbocycles. The summed E-state index contributed by atoms with van der Waals surface area (Å²) in [5.74, 6) is -1.24. The predicted molar refractivity (Wildman–Crippen MR) is 115 cm³/mol. The van der Waals surface area contributed by atoms with Crippen molar-refractivity contribution < 1.29 is 24.2 Å². The van der Waals surface area contributed by atoms with Crippen LogP contribution < -0.4 is 10.6 Å². The molecular formula is C24H26N2O5. The van der Waals surface area contributed by atoms with Crippen molar-refractivity contribution in [3.63, 3.8) is 0 Å². The van der Waals surface area contributed by atoms with Gasteiger partial charge in [0.05, 0.1) is 6.42 Å². The molecule has 0 aromatic heterocycles. The lowest BCUT2D eigenvalue weighted by molar-refractivity contribution is -0.137. The Kier molecular flexibility index (Phi) is 5.93. The van der Waals surface area contributed by atoms with Crippen LogP contribution >= 0.6 is 0 Å². The van der Waals surface area contributed by atoms with Gasteiger partial charge in [0.1, 0.15) is 6.61 Å². The molecule has 7 nitrogen and oxygen atoms in total. The van der Waals surface area contributed by atoms with Crippen LogP contribution in [-0.2, 0) is 14.3 Å². The molecule has 0 spiro atoms. The average Bonchev–Trinajstić information content (AvgIpc) is 3.46. The van der Waals surface area contributed by atoms with E-state index >= 15 is 0 Å². The van der Waals surface area contributed by atoms with Crippen LogP contribution in [0.25, 0.3) is 11.1 Å². The third-order valence-electron chi connectivity index (χ3n) is 5.98. The lowest BCUT2D eigenvalue weighted by Gasteiger charge is -2.14. The standard InChI is InChI=1S/C24H26N2O5/c1-14(10-22(27)28)26-23(29)20-11-15(20)12-25-24(30)31-13-21-18-8-4-2-6-16(18)17-7-3-5-9-19(17)21/h2-9,14-15,20-21H,10-13H2,1H3,(H,25,30)(H,26,29)(H,27,28)/t14-,15-,20-/m0/s1. The van der Waals surface area contributed by atoms with E-state index in [4.69, 9.17) is 9.84 Å². The van der Waals surface area contributed by atoms with Crippen molar-refractivity contribution in [2.24, 2.45) is 11.8 Å². The van der Waals surface area contributed by atoms with E-state index in [0.717, 1.165) is 11.1 Å². The Hall–Kier alpha value is -3.35. The molecule has 1 fully saturated rings. The molecule has 2 aliphatic carbocycles. The fourth-order valence-corrected chi connectivity index (χ4v) is 4.32. The third-order valence-corrected chi connectivity index (χ3v) is 5.98. The summed E-state index contributed by atoms with van der Waals surface area (Å²) in [4.78, 5) is 35.1. The summed E-state index contributed by atoms with van der Waals surface area (Å²) < 4.78 is 5.51. The molecule has 3 atom stereocenters. The van der Waals surface area contributed by atoms with E-state index in [0.29, 0.717) is 13.0 Å². The fourth-order valence-electron chi connectivity index (χ4n) is 4.32. The number of nitrogens with one attached hydrogen (secondary N) is 2. The molecule has 0 saturated heterocycles. The number of hydrogen-bond acceptors (Lipinski definition) is 4. The smallest absolute Gasteiger partial charge is 0.407 e. The highest BCUT2D eigenvalue weighted by atomic mass is 16.5. The van der Waals surface area contributed by atoms with Crippen LogP contribution in [0.15, 0.2) is 48.5 Å². The first-order valence-electron chi connectivity index (χ1n) is 10.5. The largest absolute Gasteiger partial charge is 0.481 e. The molecule has 2 aliphatic rings. The molecule has 0 unspecified atom stereocenters. The monoisotopic (exact) mass is 422 g/mol. The van der Waals surface area contributed by atoms with Crippen molar-refractivity contribution in [3.8, 4) is 11.1 Å². The van der Waals surface area contributed by atoms with E-state index in [-0.39, 0.29) is 36.7 Å². The topological polar surface area (TPSA) is 105 Å². The van der Waals surface area contributed by atoms with Crippen LogP contribution in [0.5, 0.6) is 0 Å². The van der Waals surface area contributed by atoms with Gasteiger partial charge in [-0.15, -0.1) is 0 Å². The molecule has 0 radical (unpaired) electrons. The third kappa shape index (κ3) is 4.71. The second-order valence-corrected chi connectivity index (χ2v) is 8.32. The average molecular weight is 422 g/mol. The van der Waals surface area contributed by atoms with Gasteiger partial charge in [0.2, 0.25) is 5.91 Å². The first kappa shape index (κ1) is 20.9. The van der Waals surface area contributed by atoms with Gasteiger partial charge in [0, 0.05) is 24.4 Å². The number of hydrogen-bond donors (Lipinski definition) is 3. The number of benzene rings is 2. The van der Waals surface area contributed by atoms with E-state index in [2.05, 4.69) is 34.9 Å². The van der Waals surface area contributed by atoms with Gasteiger partial charge in [-0.3, -0.25) is 9.59 Å². The number of carbonyl (C=O) groups excluding carboxylic acids is 2. The fraction of sp³-hybridized carbons (Fsp3) is 0.375. The van der Waals surface area contributed by atoms with Crippen molar-refractivity contribution in [1.82, 2.24) is 10.6 Å². The number of carboxylic acids is 1. The number of carboxylic acid groups (broad SMARTS) is 1. The lowest BCUT2D eigenvalue weighted by atomic mass is 9.98. The summed E-state index contributed by atoms with van der Waals surface area (Å²) in [5.41, 5.74) is 4.67. The Balaban J connectivity index is 1.24. The molecule has 2 aromatic rings. The zero-order valence-electron chi connectivity index (χ0n) is 17.3. The number of amides is 2. The van der Waals surface area contributed by atoms with Crippen LogP contribution in [0.3, 0.4) is 0 Å². The van der Waals surface area contributed by atoms with Crippen LogP contribution in [-0.4, -0.2) is 42.3 Å². The van der Waals surface area contributed by atoms with E-state index in [1.807, 2.05) is 24.3 Å². The number of carbonyl (C=O) groups is 3. The van der Waals surface area contributed by atoms with Gasteiger partial charge in [-0.1, -0.05) is 48.5 Å². The molecule has 162 valence electrons. The van der Waals surface area contributed by atoms with E-state index in [1.165, 1.54) is 11.1 Å². The minimum atomic E-state index is -0.947. The Morgan fingerprint density at radius 1 is 1.06 bits per heavy atom. The summed E-state index contributed by atoms with van der Waals surface area (Å²) in [7, 11) is 0. The van der Waals surface area contributed by atoms with Crippen LogP contribution in [0.4, 0.5) is 4.79 Å². The summed E-state index contributed by atoms with van der Waals surface area (Å²) in [6, 6.07) is 15.9. The molecule has 7 heteroatoms. The van der Waals surface area contributed by atoms with Gasteiger partial charge in [0.25, 0.3) is 0 Å². The molecule has 31 heavy (non-hydrogen) atoms. The highest BCUT2D eigenvalue weighted by molar-refractivity contribution is 5.82. The minimum absolute atomic E-state index is 0.00771. The zero-order chi connectivity index (χ0) is 22.0. The van der Waals surface area contributed by atoms with E-state index in [9.17, 15) is 14.4 Å². The van der Waals surface area contributed by atoms with E-state index < -0.39 is 18.1 Å². The Bertz CT molecular complexity index is 959. The van der Waals surface area contributed by atoms with Gasteiger partial charge in [0.15, 0.2) is 0 Å². The van der Waals surface area contributed by atoms with Crippen LogP contribution in [0.2, 0.25) is 0 Å². The van der Waals surface area contributed by atoms with Crippen molar-refractivity contribution in [2.45, 2.75) is 31.7 Å². The summed E-state index contributed by atoms with van der Waals surface area (Å²) in [5, 5.41) is 14.2. The van der Waals surface area contributed by atoms with Gasteiger partial charge in [-0.2, -0.15) is 0 Å². The molecule has 0 heterocycles. The molecule has 4 rings (SSSR count). The maximum atomic E-state index is 12.2. The first-order chi connectivity index (χ1) is 14.9. The zero-order valence-corrected chi connectivity index (χ0v) is 17.3. The Labute approximate surface area is 180 Å². The van der Waals surface area contributed by atoms with Crippen LogP contribution in [0, 0.1) is 11.8 Å². The lowest BCUT2D eigenvalue weighted by Crippen LogP contribution is -2.36. The SMILES string of the molecule is C[C@@H](CC(=O)O)NC(=O)[C@H]1C[C@H]1CNC(=O)OCC1c2ccccc2-c2ccccc21. The van der Waals surface area contributed by atoms with Gasteiger partial charge in [-0.05, 0) is 41.5 Å². The Morgan fingerprint density at radius 2 is 1.68 bits per heavy atom. The number of aliphatic carboxylic acids is 1. The maximum Gasteiger partial charge on any atom is 0.407 e. The van der Waals surface area contributed by atoms with Crippen LogP contribution in [0.1, 0.15) is 36.8 Å².